The Morgan fingerprint density at radius 2 is 1.09 bits per heavy atom. The number of amidine groups is 1. The van der Waals surface area contributed by atoms with Crippen LogP contribution in [0.3, 0.4) is 0 Å². The van der Waals surface area contributed by atoms with Gasteiger partial charge in [-0.3, -0.25) is 15.3 Å². The first-order chi connectivity index (χ1) is 24.6. The van der Waals surface area contributed by atoms with E-state index in [1.165, 1.54) is 22.3 Å². The van der Waals surface area contributed by atoms with Gasteiger partial charge < -0.3 is 30.7 Å². The Morgan fingerprint density at radius 3 is 1.41 bits per heavy atom. The molecule has 0 fully saturated rings. The first-order valence-electron chi connectivity index (χ1n) is 17.2. The zero-order valence-corrected chi connectivity index (χ0v) is 38.9. The minimum absolute atomic E-state index is 0. The van der Waals surface area contributed by atoms with Crippen molar-refractivity contribution in [2.45, 2.75) is 94.3 Å². The third kappa shape index (κ3) is 17.2. The maximum atomic E-state index is 11.5. The van der Waals surface area contributed by atoms with Crippen LogP contribution < -0.4 is 26.6 Å². The zero-order chi connectivity index (χ0) is 40.7. The van der Waals surface area contributed by atoms with Crippen molar-refractivity contribution in [3.8, 4) is 0 Å². The van der Waals surface area contributed by atoms with Crippen molar-refractivity contribution in [2.75, 3.05) is 45.1 Å². The van der Waals surface area contributed by atoms with E-state index in [-0.39, 0.29) is 37.9 Å². The van der Waals surface area contributed by atoms with Crippen molar-refractivity contribution in [3.05, 3.63) is 80.9 Å². The van der Waals surface area contributed by atoms with Crippen LogP contribution in [-0.2, 0) is 42.2 Å². The van der Waals surface area contributed by atoms with E-state index in [4.69, 9.17) is 9.47 Å². The summed E-state index contributed by atoms with van der Waals surface area (Å²) >= 11 is 1.12. The molecule has 12 nitrogen and oxygen atoms in total. The van der Waals surface area contributed by atoms with Gasteiger partial charge in [0.05, 0.1) is 0 Å². The van der Waals surface area contributed by atoms with E-state index in [1.54, 1.807) is 61.9 Å². The monoisotopic (exact) mass is 837 g/mol. The molecule has 0 aliphatic rings. The van der Waals surface area contributed by atoms with E-state index in [0.717, 1.165) is 57.3 Å². The molecule has 1 radical (unpaired) electrons. The van der Waals surface area contributed by atoms with Gasteiger partial charge in [-0.25, -0.2) is 21.7 Å². The number of benzene rings is 2. The molecule has 54 heavy (non-hydrogen) atoms. The Hall–Kier alpha value is -3.68. The Labute approximate surface area is 353 Å². The first kappa shape index (κ1) is 50.3. The predicted octanol–water partition coefficient (Wildman–Crippen LogP) is 8.05. The number of hydrogen-bond acceptors (Lipinski definition) is 7. The number of thioether (sulfide) groups is 1. The molecule has 2 aromatic carbocycles. The van der Waals surface area contributed by atoms with E-state index in [1.807, 2.05) is 26.2 Å². The van der Waals surface area contributed by atoms with Crippen molar-refractivity contribution in [1.29, 1.82) is 0 Å². The Morgan fingerprint density at radius 1 is 0.704 bits per heavy atom. The third-order valence-corrected chi connectivity index (χ3v) is 8.13. The van der Waals surface area contributed by atoms with Gasteiger partial charge in [0.2, 0.25) is 0 Å². The van der Waals surface area contributed by atoms with Gasteiger partial charge in [-0.2, -0.15) is 28.3 Å². The quantitative estimate of drug-likeness (QED) is 0.0873. The molecule has 0 aliphatic carbocycles. The Bertz CT molecular complexity index is 1660. The third-order valence-electron chi connectivity index (χ3n) is 7.55. The number of nitrogens with zero attached hydrogens (tertiary/aromatic N) is 3. The SMILES string of the molecule is CN=C(NC)Nc1cc(C)c([C-]=CC=[C-]c2c(C)cc(NC(=NC)NC)c(C)c2C)c(C)c1C.CSC(=NC(=O)OC(C)(C)C)NC(=O)OC(C)(C)C.[Y]. The predicted molar refractivity (Wildman–Crippen MR) is 224 cm³/mol. The van der Waals surface area contributed by atoms with E-state index in [0.29, 0.717) is 0 Å². The molecule has 0 saturated heterocycles. The molecule has 2 amide bonds. The average molecular weight is 838 g/mol. The van der Waals surface area contributed by atoms with Crippen LogP contribution in [0.2, 0.25) is 0 Å². The normalized spacial score (nSPS) is 12.4. The van der Waals surface area contributed by atoms with Crippen molar-refractivity contribution in [1.82, 2.24) is 16.0 Å². The van der Waals surface area contributed by atoms with Gasteiger partial charge in [0, 0.05) is 72.3 Å². The smallest absolute Gasteiger partial charge is 0.436 e. The molecule has 0 aliphatic heterocycles. The van der Waals surface area contributed by atoms with Gasteiger partial charge in [-0.05, 0) is 61.6 Å². The van der Waals surface area contributed by atoms with E-state index < -0.39 is 23.4 Å². The molecule has 2 rings (SSSR count). The Balaban J connectivity index is 0.00000120. The number of ether oxygens (including phenoxy) is 2. The summed E-state index contributed by atoms with van der Waals surface area (Å²) in [6, 6.07) is 4.27. The number of hydrogen-bond donors (Lipinski definition) is 5. The number of carbonyl (C=O) groups is 2. The van der Waals surface area contributed by atoms with Crippen molar-refractivity contribution in [3.63, 3.8) is 0 Å². The van der Waals surface area contributed by atoms with Crippen molar-refractivity contribution in [2.24, 2.45) is 15.0 Å². The molecule has 14 heteroatoms. The molecule has 0 atom stereocenters. The van der Waals surface area contributed by atoms with Gasteiger partial charge >= 0.3 is 12.2 Å². The van der Waals surface area contributed by atoms with Crippen molar-refractivity contribution < 1.29 is 51.8 Å². The molecule has 0 aromatic heterocycles. The molecule has 2 aromatic rings. The van der Waals surface area contributed by atoms with Gasteiger partial charge in [-0.15, -0.1) is 22.3 Å². The number of carbonyl (C=O) groups excluding carboxylic acids is 2. The number of alkyl carbamates (subject to hydrolysis) is 1. The van der Waals surface area contributed by atoms with Crippen LogP contribution in [0.1, 0.15) is 86.1 Å². The van der Waals surface area contributed by atoms with Crippen LogP contribution in [0.5, 0.6) is 0 Å². The van der Waals surface area contributed by atoms with Crippen molar-refractivity contribution >= 4 is 52.4 Å². The van der Waals surface area contributed by atoms with Crippen LogP contribution >= 0.6 is 11.8 Å². The van der Waals surface area contributed by atoms with Gasteiger partial charge in [0.25, 0.3) is 0 Å². The fraction of sp³-hybridized carbons (Fsp3) is 0.475. The van der Waals surface area contributed by atoms with Crippen LogP contribution in [0, 0.1) is 53.7 Å². The summed E-state index contributed by atoms with van der Waals surface area (Å²) < 4.78 is 10.1. The molecular weight excluding hydrogens is 777 g/mol. The fourth-order valence-electron chi connectivity index (χ4n) is 4.72. The average Bonchev–Trinajstić information content (AvgIpc) is 3.05. The number of anilines is 2. The number of amides is 2. The largest absolute Gasteiger partial charge is 0.444 e. The van der Waals surface area contributed by atoms with Gasteiger partial charge in [0.1, 0.15) is 11.2 Å². The maximum Gasteiger partial charge on any atom is 0.436 e. The molecule has 5 N–H and O–H groups in total. The molecule has 0 saturated carbocycles. The molecule has 0 spiro atoms. The van der Waals surface area contributed by atoms with E-state index in [2.05, 4.69) is 107 Å². The number of guanidine groups is 2. The minimum atomic E-state index is -0.757. The number of allylic oxidation sites excluding steroid dienone is 2. The number of aryl methyl sites for hydroxylation is 2. The first-order valence-corrected chi connectivity index (χ1v) is 18.4. The molecule has 0 bridgehead atoms. The van der Waals surface area contributed by atoms with E-state index >= 15 is 0 Å². The maximum absolute atomic E-state index is 11.5. The number of nitrogens with one attached hydrogen (secondary N) is 5. The summed E-state index contributed by atoms with van der Waals surface area (Å²) in [4.78, 5) is 35.1. The summed E-state index contributed by atoms with van der Waals surface area (Å²) in [5, 5.41) is 15.3. The van der Waals surface area contributed by atoms with Gasteiger partial charge in [0.15, 0.2) is 17.1 Å². The molecule has 295 valence electrons. The van der Waals surface area contributed by atoms with Crippen LogP contribution in [0.15, 0.2) is 39.3 Å². The van der Waals surface area contributed by atoms with E-state index in [9.17, 15) is 9.59 Å². The number of aliphatic imine (C=N–C) groups is 3. The van der Waals surface area contributed by atoms with Crippen LogP contribution in [0.4, 0.5) is 21.0 Å². The zero-order valence-electron chi connectivity index (χ0n) is 35.3. The summed E-state index contributed by atoms with van der Waals surface area (Å²) in [5.74, 6) is 1.47. The summed E-state index contributed by atoms with van der Waals surface area (Å²) in [7, 11) is 7.23. The standard InChI is InChI=1S/C28H38N6.C12H22N2O4S.Y/c1-17-15-25(33-27(29-7)30-8)21(5)19(3)23(17)13-11-12-14-24-18(2)16-26(22(6)20(24)4)34-28(31-9)32-10;1-11(2,3)17-9(15)13-8(19-7)14-10(16)18-12(4,5)6;/h11-12,15-16H,1-10H3,(H2,29,30,33)(H2,31,32,34);1-7H3,(H,13,14,15,16);/q-2;;. The molecule has 0 unspecified atom stereocenters. The summed E-state index contributed by atoms with van der Waals surface area (Å²) in [6.45, 7) is 23.1. The molecule has 0 heterocycles. The second kappa shape index (κ2) is 23.3. The van der Waals surface area contributed by atoms with Crippen LogP contribution in [-0.4, -0.2) is 74.9 Å². The second-order valence-corrected chi connectivity index (χ2v) is 14.8. The minimum Gasteiger partial charge on any atom is -0.444 e. The summed E-state index contributed by atoms with van der Waals surface area (Å²) in [5.41, 5.74) is 10.1. The topological polar surface area (TPSA) is 150 Å². The Kier molecular flexibility index (Phi) is 21.7. The molecular formula is C40H60N8O4SY-2. The van der Waals surface area contributed by atoms with Crippen LogP contribution in [0.25, 0.3) is 0 Å². The summed E-state index contributed by atoms with van der Waals surface area (Å²) in [6.07, 6.45) is 11.1. The fourth-order valence-corrected chi connectivity index (χ4v) is 5.07. The second-order valence-electron chi connectivity index (χ2n) is 14.0. The number of rotatable bonds is 5. The van der Waals surface area contributed by atoms with Gasteiger partial charge in [-0.1, -0.05) is 62.7 Å².